The molecule has 0 bridgehead atoms. The number of nitrogen functional groups attached to an aromatic ring is 1. The molecular weight excluding hydrogens is 394 g/mol. The van der Waals surface area contributed by atoms with E-state index in [4.69, 9.17) is 11.1 Å². The number of hydrogen-bond acceptors (Lipinski definition) is 8. The van der Waals surface area contributed by atoms with Crippen molar-refractivity contribution in [2.45, 2.75) is 25.7 Å². The second-order valence-corrected chi connectivity index (χ2v) is 9.19. The quantitative estimate of drug-likeness (QED) is 0.394. The number of benzene rings is 1. The SMILES string of the molecule is CN(C)CCN(C)c1cc(N)c(C=N)cc1Nc1ncnc2sc3c(c12)CCCC3. The zero-order chi connectivity index (χ0) is 21.3. The van der Waals surface area contributed by atoms with Gasteiger partial charge in [0.2, 0.25) is 0 Å². The fourth-order valence-electron chi connectivity index (χ4n) is 3.95. The molecule has 0 unspecified atom stereocenters. The third-order valence-corrected chi connectivity index (χ3v) is 6.85. The lowest BCUT2D eigenvalue weighted by molar-refractivity contribution is 0.416. The maximum absolute atomic E-state index is 7.73. The summed E-state index contributed by atoms with van der Waals surface area (Å²) in [7, 11) is 6.20. The van der Waals surface area contributed by atoms with Crippen molar-refractivity contribution in [1.29, 1.82) is 5.41 Å². The fraction of sp³-hybridized carbons (Fsp3) is 0.409. The summed E-state index contributed by atoms with van der Waals surface area (Å²) < 4.78 is 0. The highest BCUT2D eigenvalue weighted by molar-refractivity contribution is 7.19. The number of nitrogens with one attached hydrogen (secondary N) is 2. The van der Waals surface area contributed by atoms with Crippen LogP contribution in [0, 0.1) is 5.41 Å². The summed E-state index contributed by atoms with van der Waals surface area (Å²) in [5.74, 6) is 0.836. The van der Waals surface area contributed by atoms with Gasteiger partial charge in [-0.25, -0.2) is 9.97 Å². The number of rotatable bonds is 7. The van der Waals surface area contributed by atoms with E-state index in [1.165, 1.54) is 29.5 Å². The van der Waals surface area contributed by atoms with Crippen LogP contribution in [0.1, 0.15) is 28.8 Å². The number of hydrogen-bond donors (Lipinski definition) is 3. The Morgan fingerprint density at radius 1 is 1.17 bits per heavy atom. The van der Waals surface area contributed by atoms with Gasteiger partial charge in [0, 0.05) is 42.5 Å². The molecule has 0 amide bonds. The Morgan fingerprint density at radius 3 is 2.73 bits per heavy atom. The van der Waals surface area contributed by atoms with E-state index < -0.39 is 0 Å². The van der Waals surface area contributed by atoms with Gasteiger partial charge in [0.15, 0.2) is 0 Å². The summed E-state index contributed by atoms with van der Waals surface area (Å²) in [5.41, 5.74) is 10.8. The van der Waals surface area contributed by atoms with E-state index in [2.05, 4.69) is 46.2 Å². The fourth-order valence-corrected chi connectivity index (χ4v) is 5.17. The predicted octanol–water partition coefficient (Wildman–Crippen LogP) is 3.89. The Morgan fingerprint density at radius 2 is 1.97 bits per heavy atom. The Bertz CT molecular complexity index is 1070. The average molecular weight is 424 g/mol. The van der Waals surface area contributed by atoms with Crippen LogP contribution in [0.4, 0.5) is 22.9 Å². The van der Waals surface area contributed by atoms with Crippen LogP contribution in [0.2, 0.25) is 0 Å². The summed E-state index contributed by atoms with van der Waals surface area (Å²) in [4.78, 5) is 16.0. The molecule has 0 atom stereocenters. The van der Waals surface area contributed by atoms with E-state index in [9.17, 15) is 0 Å². The molecule has 8 heteroatoms. The molecule has 0 fully saturated rings. The van der Waals surface area contributed by atoms with Crippen molar-refractivity contribution in [2.75, 3.05) is 50.2 Å². The molecule has 0 radical (unpaired) electrons. The standard InChI is InChI=1S/C22H29N7S/c1-28(2)8-9-29(3)18-11-16(24)14(12-23)10-17(18)27-21-20-15-6-4-5-7-19(15)30-22(20)26-13-25-21/h10-13,23H,4-9,24H2,1-3H3,(H,25,26,27). The van der Waals surface area contributed by atoms with Crippen molar-refractivity contribution < 1.29 is 0 Å². The van der Waals surface area contributed by atoms with Gasteiger partial charge < -0.3 is 26.3 Å². The largest absolute Gasteiger partial charge is 0.398 e. The Balaban J connectivity index is 1.77. The van der Waals surface area contributed by atoms with E-state index in [1.54, 1.807) is 17.7 Å². The second kappa shape index (κ2) is 8.57. The number of fused-ring (bicyclic) bond motifs is 3. The molecule has 158 valence electrons. The third-order valence-electron chi connectivity index (χ3n) is 5.66. The highest BCUT2D eigenvalue weighted by Gasteiger charge is 2.21. The molecule has 1 aromatic carbocycles. The van der Waals surface area contributed by atoms with Crippen LogP contribution in [-0.4, -0.2) is 55.3 Å². The number of thiophene rings is 1. The van der Waals surface area contributed by atoms with Crippen molar-refractivity contribution in [1.82, 2.24) is 14.9 Å². The smallest absolute Gasteiger partial charge is 0.142 e. The highest BCUT2D eigenvalue weighted by Crippen LogP contribution is 2.40. The van der Waals surface area contributed by atoms with Gasteiger partial charge in [-0.05, 0) is 57.5 Å². The maximum Gasteiger partial charge on any atom is 0.142 e. The van der Waals surface area contributed by atoms with Gasteiger partial charge in [0.1, 0.15) is 17.0 Å². The number of likely N-dealkylation sites (N-methyl/N-ethyl adjacent to an activating group) is 2. The molecule has 4 rings (SSSR count). The van der Waals surface area contributed by atoms with Gasteiger partial charge in [-0.3, -0.25) is 0 Å². The van der Waals surface area contributed by atoms with Crippen molar-refractivity contribution in [3.8, 4) is 0 Å². The Kier molecular flexibility index (Phi) is 5.87. The molecule has 0 aliphatic heterocycles. The second-order valence-electron chi connectivity index (χ2n) is 8.11. The lowest BCUT2D eigenvalue weighted by Crippen LogP contribution is -2.29. The lowest BCUT2D eigenvalue weighted by atomic mass is 9.97. The monoisotopic (exact) mass is 423 g/mol. The molecule has 7 nitrogen and oxygen atoms in total. The van der Waals surface area contributed by atoms with Gasteiger partial charge in [0.25, 0.3) is 0 Å². The number of nitrogens with zero attached hydrogens (tertiary/aromatic N) is 4. The van der Waals surface area contributed by atoms with Gasteiger partial charge in [-0.15, -0.1) is 11.3 Å². The van der Waals surface area contributed by atoms with Crippen molar-refractivity contribution >= 4 is 50.6 Å². The van der Waals surface area contributed by atoms with Crippen LogP contribution < -0.4 is 16.0 Å². The molecule has 3 aromatic rings. The minimum Gasteiger partial charge on any atom is -0.398 e. The summed E-state index contributed by atoms with van der Waals surface area (Å²) in [5, 5.41) is 12.4. The van der Waals surface area contributed by atoms with Gasteiger partial charge in [-0.1, -0.05) is 0 Å². The number of aryl methyl sites for hydroxylation is 2. The van der Waals surface area contributed by atoms with E-state index >= 15 is 0 Å². The van der Waals surface area contributed by atoms with Crippen LogP contribution >= 0.6 is 11.3 Å². The van der Waals surface area contributed by atoms with Crippen LogP contribution in [0.25, 0.3) is 10.2 Å². The first-order valence-electron chi connectivity index (χ1n) is 10.3. The molecule has 0 spiro atoms. The first-order chi connectivity index (χ1) is 14.5. The van der Waals surface area contributed by atoms with Crippen LogP contribution in [0.3, 0.4) is 0 Å². The molecule has 2 aromatic heterocycles. The lowest BCUT2D eigenvalue weighted by Gasteiger charge is -2.25. The molecule has 30 heavy (non-hydrogen) atoms. The Labute approximate surface area is 181 Å². The van der Waals surface area contributed by atoms with Gasteiger partial charge in [-0.2, -0.15) is 0 Å². The summed E-state index contributed by atoms with van der Waals surface area (Å²) in [6, 6.07) is 3.89. The molecule has 0 saturated carbocycles. The van der Waals surface area contributed by atoms with E-state index in [0.717, 1.165) is 53.3 Å². The maximum atomic E-state index is 7.73. The van der Waals surface area contributed by atoms with Gasteiger partial charge >= 0.3 is 0 Å². The number of anilines is 4. The average Bonchev–Trinajstić information content (AvgIpc) is 3.12. The summed E-state index contributed by atoms with van der Waals surface area (Å²) >= 11 is 1.79. The molecular formula is C22H29N7S. The predicted molar refractivity (Wildman–Crippen MR) is 128 cm³/mol. The molecule has 1 aliphatic carbocycles. The van der Waals surface area contributed by atoms with Gasteiger partial charge in [0.05, 0.1) is 16.8 Å². The van der Waals surface area contributed by atoms with E-state index in [-0.39, 0.29) is 0 Å². The summed E-state index contributed by atoms with van der Waals surface area (Å²) in [6.07, 6.45) is 7.61. The van der Waals surface area contributed by atoms with Crippen LogP contribution in [0.15, 0.2) is 18.5 Å². The third kappa shape index (κ3) is 3.97. The van der Waals surface area contributed by atoms with Crippen LogP contribution in [0.5, 0.6) is 0 Å². The molecule has 4 N–H and O–H groups in total. The zero-order valence-electron chi connectivity index (χ0n) is 17.8. The van der Waals surface area contributed by atoms with E-state index in [0.29, 0.717) is 11.3 Å². The summed E-state index contributed by atoms with van der Waals surface area (Å²) in [6.45, 7) is 1.79. The first-order valence-corrected chi connectivity index (χ1v) is 11.1. The topological polar surface area (TPSA) is 94.2 Å². The zero-order valence-corrected chi connectivity index (χ0v) is 18.6. The highest BCUT2D eigenvalue weighted by atomic mass is 32.1. The number of nitrogens with two attached hydrogens (primary N) is 1. The minimum absolute atomic E-state index is 0.600. The van der Waals surface area contributed by atoms with Crippen molar-refractivity contribution in [3.05, 3.63) is 34.5 Å². The van der Waals surface area contributed by atoms with Crippen LogP contribution in [-0.2, 0) is 12.8 Å². The normalized spacial score (nSPS) is 13.5. The van der Waals surface area contributed by atoms with Crippen molar-refractivity contribution in [2.24, 2.45) is 0 Å². The number of aromatic nitrogens is 2. The molecule has 1 aliphatic rings. The molecule has 0 saturated heterocycles. The first kappa shape index (κ1) is 20.6. The van der Waals surface area contributed by atoms with Crippen molar-refractivity contribution in [3.63, 3.8) is 0 Å². The minimum atomic E-state index is 0.600. The Hall–Kier alpha value is -2.71. The van der Waals surface area contributed by atoms with E-state index in [1.807, 2.05) is 12.1 Å². The molecule has 2 heterocycles.